The standard InChI is InChI=1S/C11H7F4N/c12-9-4-5-10(11(13,14)15)8(7-9)3-1-2-6-16/h1,3-5,7H,2H2. The molecule has 84 valence electrons. The minimum Gasteiger partial charge on any atom is -0.207 e. The molecule has 1 aromatic carbocycles. The number of halogens is 4. The molecular weight excluding hydrogens is 222 g/mol. The van der Waals surface area contributed by atoms with Gasteiger partial charge in [-0.1, -0.05) is 12.2 Å². The first-order chi connectivity index (χ1) is 7.45. The second kappa shape index (κ2) is 4.79. The van der Waals surface area contributed by atoms with E-state index in [9.17, 15) is 17.6 Å². The summed E-state index contributed by atoms with van der Waals surface area (Å²) >= 11 is 0. The largest absolute Gasteiger partial charge is 0.416 e. The summed E-state index contributed by atoms with van der Waals surface area (Å²) in [7, 11) is 0. The summed E-state index contributed by atoms with van der Waals surface area (Å²) in [6.45, 7) is 0. The summed E-state index contributed by atoms with van der Waals surface area (Å²) in [5, 5.41) is 8.23. The van der Waals surface area contributed by atoms with Crippen LogP contribution in [0.4, 0.5) is 17.6 Å². The summed E-state index contributed by atoms with van der Waals surface area (Å²) < 4.78 is 50.2. The first-order valence-corrected chi connectivity index (χ1v) is 4.35. The van der Waals surface area contributed by atoms with Gasteiger partial charge < -0.3 is 0 Å². The van der Waals surface area contributed by atoms with Crippen LogP contribution in [0.2, 0.25) is 0 Å². The second-order valence-electron chi connectivity index (χ2n) is 2.99. The highest BCUT2D eigenvalue weighted by atomic mass is 19.4. The molecule has 1 aromatic rings. The zero-order valence-electron chi connectivity index (χ0n) is 8.05. The molecule has 5 heteroatoms. The summed E-state index contributed by atoms with van der Waals surface area (Å²) in [4.78, 5) is 0. The number of alkyl halides is 3. The molecule has 0 radical (unpaired) electrons. The predicted octanol–water partition coefficient (Wildman–Crippen LogP) is 3.77. The highest BCUT2D eigenvalue weighted by Crippen LogP contribution is 2.32. The molecule has 0 atom stereocenters. The highest BCUT2D eigenvalue weighted by molar-refractivity contribution is 5.55. The van der Waals surface area contributed by atoms with Crippen LogP contribution in [0.3, 0.4) is 0 Å². The van der Waals surface area contributed by atoms with Gasteiger partial charge in [-0.05, 0) is 23.8 Å². The van der Waals surface area contributed by atoms with Gasteiger partial charge in [0.2, 0.25) is 0 Å². The molecule has 0 unspecified atom stereocenters. The Morgan fingerprint density at radius 3 is 2.56 bits per heavy atom. The number of hydrogen-bond donors (Lipinski definition) is 0. The van der Waals surface area contributed by atoms with Gasteiger partial charge in [-0.3, -0.25) is 0 Å². The van der Waals surface area contributed by atoms with Crippen molar-refractivity contribution in [1.29, 1.82) is 5.26 Å². The molecule has 0 aliphatic carbocycles. The molecule has 0 N–H and O–H groups in total. The van der Waals surface area contributed by atoms with E-state index in [0.29, 0.717) is 6.07 Å². The van der Waals surface area contributed by atoms with Crippen molar-refractivity contribution in [3.8, 4) is 6.07 Å². The van der Waals surface area contributed by atoms with Crippen LogP contribution in [0.15, 0.2) is 24.3 Å². The Balaban J connectivity index is 3.15. The SMILES string of the molecule is N#CCC=Cc1cc(F)ccc1C(F)(F)F. The fourth-order valence-corrected chi connectivity index (χ4v) is 1.17. The number of benzene rings is 1. The van der Waals surface area contributed by atoms with Gasteiger partial charge in [0, 0.05) is 0 Å². The summed E-state index contributed by atoms with van der Waals surface area (Å²) in [5.41, 5.74) is -1.19. The van der Waals surface area contributed by atoms with Gasteiger partial charge in [-0.2, -0.15) is 18.4 Å². The van der Waals surface area contributed by atoms with Gasteiger partial charge in [-0.25, -0.2) is 4.39 Å². The third-order valence-corrected chi connectivity index (χ3v) is 1.83. The van der Waals surface area contributed by atoms with Gasteiger partial charge in [0.1, 0.15) is 5.82 Å². The van der Waals surface area contributed by atoms with E-state index in [1.807, 2.05) is 0 Å². The first-order valence-electron chi connectivity index (χ1n) is 4.35. The fraction of sp³-hybridized carbons (Fsp3) is 0.182. The summed E-state index contributed by atoms with van der Waals surface area (Å²) in [6.07, 6.45) is -2.20. The number of nitriles is 1. The van der Waals surface area contributed by atoms with Crippen molar-refractivity contribution in [2.75, 3.05) is 0 Å². The Bertz CT molecular complexity index is 440. The third kappa shape index (κ3) is 3.09. The quantitative estimate of drug-likeness (QED) is 0.708. The molecule has 0 aliphatic heterocycles. The van der Waals surface area contributed by atoms with Crippen LogP contribution in [0.25, 0.3) is 6.08 Å². The van der Waals surface area contributed by atoms with Crippen LogP contribution >= 0.6 is 0 Å². The number of allylic oxidation sites excluding steroid dienone is 1. The van der Waals surface area contributed by atoms with Gasteiger partial charge in [0.25, 0.3) is 0 Å². The lowest BCUT2D eigenvalue weighted by molar-refractivity contribution is -0.137. The van der Waals surface area contributed by atoms with Crippen LogP contribution in [0, 0.1) is 17.1 Å². The average Bonchev–Trinajstić information content (AvgIpc) is 2.16. The smallest absolute Gasteiger partial charge is 0.207 e. The summed E-state index contributed by atoms with van der Waals surface area (Å²) in [5.74, 6) is -0.746. The fourth-order valence-electron chi connectivity index (χ4n) is 1.17. The van der Waals surface area contributed by atoms with Crippen molar-refractivity contribution in [2.24, 2.45) is 0 Å². The van der Waals surface area contributed by atoms with Gasteiger partial charge in [0.05, 0.1) is 18.1 Å². The second-order valence-corrected chi connectivity index (χ2v) is 2.99. The van der Waals surface area contributed by atoms with E-state index >= 15 is 0 Å². The zero-order valence-corrected chi connectivity index (χ0v) is 8.05. The Morgan fingerprint density at radius 2 is 2.00 bits per heavy atom. The minimum absolute atomic E-state index is 0.0200. The zero-order chi connectivity index (χ0) is 12.2. The van der Waals surface area contributed by atoms with E-state index in [1.54, 1.807) is 6.07 Å². The minimum atomic E-state index is -4.53. The van der Waals surface area contributed by atoms with E-state index in [1.165, 1.54) is 6.08 Å². The van der Waals surface area contributed by atoms with Crippen molar-refractivity contribution in [1.82, 2.24) is 0 Å². The molecule has 0 aliphatic rings. The van der Waals surface area contributed by atoms with Crippen LogP contribution < -0.4 is 0 Å². The van der Waals surface area contributed by atoms with Crippen molar-refractivity contribution in [2.45, 2.75) is 12.6 Å². The Kier molecular flexibility index (Phi) is 3.67. The maximum Gasteiger partial charge on any atom is 0.416 e. The maximum absolute atomic E-state index is 12.8. The Hall–Kier alpha value is -1.83. The van der Waals surface area contributed by atoms with E-state index in [0.717, 1.165) is 18.2 Å². The number of hydrogen-bond acceptors (Lipinski definition) is 1. The Morgan fingerprint density at radius 1 is 1.31 bits per heavy atom. The Labute approximate surface area is 89.6 Å². The molecule has 1 rings (SSSR count). The van der Waals surface area contributed by atoms with E-state index in [-0.39, 0.29) is 12.0 Å². The molecule has 0 heterocycles. The monoisotopic (exact) mass is 229 g/mol. The van der Waals surface area contributed by atoms with Crippen molar-refractivity contribution in [3.05, 3.63) is 41.2 Å². The molecule has 0 saturated carbocycles. The molecule has 1 nitrogen and oxygen atoms in total. The lowest BCUT2D eigenvalue weighted by Gasteiger charge is -2.09. The molecule has 0 spiro atoms. The van der Waals surface area contributed by atoms with E-state index in [4.69, 9.17) is 5.26 Å². The summed E-state index contributed by atoms with van der Waals surface area (Å²) in [6, 6.07) is 3.97. The predicted molar refractivity (Wildman–Crippen MR) is 50.7 cm³/mol. The van der Waals surface area contributed by atoms with E-state index in [2.05, 4.69) is 0 Å². The van der Waals surface area contributed by atoms with Crippen molar-refractivity contribution in [3.63, 3.8) is 0 Å². The van der Waals surface area contributed by atoms with Gasteiger partial charge in [0.15, 0.2) is 0 Å². The molecule has 0 aromatic heterocycles. The molecule has 0 fully saturated rings. The first kappa shape index (κ1) is 12.2. The lowest BCUT2D eigenvalue weighted by Crippen LogP contribution is -2.07. The van der Waals surface area contributed by atoms with Gasteiger partial charge in [-0.15, -0.1) is 0 Å². The van der Waals surface area contributed by atoms with Crippen LogP contribution in [0.1, 0.15) is 17.5 Å². The molecular formula is C11H7F4N. The average molecular weight is 229 g/mol. The topological polar surface area (TPSA) is 23.8 Å². The maximum atomic E-state index is 12.8. The van der Waals surface area contributed by atoms with Crippen LogP contribution in [-0.2, 0) is 6.18 Å². The number of nitrogens with zero attached hydrogens (tertiary/aromatic N) is 1. The molecule has 16 heavy (non-hydrogen) atoms. The lowest BCUT2D eigenvalue weighted by atomic mass is 10.1. The third-order valence-electron chi connectivity index (χ3n) is 1.83. The molecule has 0 bridgehead atoms. The van der Waals surface area contributed by atoms with E-state index < -0.39 is 17.6 Å². The highest BCUT2D eigenvalue weighted by Gasteiger charge is 2.32. The van der Waals surface area contributed by atoms with Crippen molar-refractivity contribution < 1.29 is 17.6 Å². The molecule has 0 amide bonds. The number of rotatable bonds is 2. The van der Waals surface area contributed by atoms with Crippen LogP contribution in [-0.4, -0.2) is 0 Å². The van der Waals surface area contributed by atoms with Gasteiger partial charge >= 0.3 is 6.18 Å². The van der Waals surface area contributed by atoms with Crippen LogP contribution in [0.5, 0.6) is 0 Å². The normalized spacial score (nSPS) is 11.7. The van der Waals surface area contributed by atoms with Crippen molar-refractivity contribution >= 4 is 6.08 Å². The molecule has 0 saturated heterocycles.